The van der Waals surface area contributed by atoms with Gasteiger partial charge in [0.25, 0.3) is 10.0 Å². The summed E-state index contributed by atoms with van der Waals surface area (Å²) in [6.07, 6.45) is 1.54. The third-order valence-corrected chi connectivity index (χ3v) is 4.85. The summed E-state index contributed by atoms with van der Waals surface area (Å²) >= 11 is 0. The van der Waals surface area contributed by atoms with E-state index in [0.717, 1.165) is 11.0 Å². The second-order valence-corrected chi connectivity index (χ2v) is 6.71. The van der Waals surface area contributed by atoms with Crippen LogP contribution in [0.4, 0.5) is 5.69 Å². The number of hydrogen-bond donors (Lipinski definition) is 4. The summed E-state index contributed by atoms with van der Waals surface area (Å²) in [5.41, 5.74) is 2.50. The third kappa shape index (κ3) is 2.36. The van der Waals surface area contributed by atoms with Gasteiger partial charge >= 0.3 is 5.69 Å². The van der Waals surface area contributed by atoms with Crippen LogP contribution in [-0.4, -0.2) is 28.4 Å². The van der Waals surface area contributed by atoms with E-state index in [1.54, 1.807) is 30.6 Å². The number of hydrogen-bond acceptors (Lipinski definition) is 4. The van der Waals surface area contributed by atoms with E-state index in [-0.39, 0.29) is 10.6 Å². The number of rotatable bonds is 3. The zero-order valence-corrected chi connectivity index (χ0v) is 12.4. The van der Waals surface area contributed by atoms with Crippen LogP contribution in [-0.2, 0) is 10.0 Å². The highest BCUT2D eigenvalue weighted by molar-refractivity contribution is 7.92. The van der Waals surface area contributed by atoms with E-state index in [1.165, 1.54) is 12.1 Å². The molecule has 0 saturated carbocycles. The Kier molecular flexibility index (Phi) is 2.78. The number of H-pyrrole nitrogens is 3. The first-order chi connectivity index (χ1) is 11.0. The molecular weight excluding hydrogens is 318 g/mol. The third-order valence-electron chi connectivity index (χ3n) is 3.47. The molecule has 4 rings (SSSR count). The number of imidazole rings is 2. The Morgan fingerprint density at radius 3 is 2.65 bits per heavy atom. The highest BCUT2D eigenvalue weighted by Crippen LogP contribution is 2.21. The summed E-state index contributed by atoms with van der Waals surface area (Å²) in [4.78, 5) is 23.4. The van der Waals surface area contributed by atoms with E-state index in [2.05, 4.69) is 24.7 Å². The Bertz CT molecular complexity index is 1190. The molecule has 0 atom stereocenters. The SMILES string of the molecule is O=c1[nH]c2ccc(S(=O)(=O)Nc3ccc4nc[nH]c4c3)cc2[nH]1. The summed E-state index contributed by atoms with van der Waals surface area (Å²) < 4.78 is 27.5. The molecule has 2 heterocycles. The fourth-order valence-corrected chi connectivity index (χ4v) is 3.47. The van der Waals surface area contributed by atoms with Gasteiger partial charge in [-0.3, -0.25) is 4.72 Å². The van der Waals surface area contributed by atoms with Crippen molar-refractivity contribution in [1.82, 2.24) is 19.9 Å². The molecule has 0 fully saturated rings. The standard InChI is InChI=1S/C14H11N5O3S/c20-14-17-11-4-2-9(6-13(11)18-14)23(21,22)19-8-1-3-10-12(5-8)16-7-15-10/h1-7,19H,(H,15,16)(H2,17,18,20). The molecule has 0 aliphatic rings. The van der Waals surface area contributed by atoms with Gasteiger partial charge in [-0.2, -0.15) is 0 Å². The van der Waals surface area contributed by atoms with Crippen molar-refractivity contribution >= 4 is 37.8 Å². The van der Waals surface area contributed by atoms with Crippen molar-refractivity contribution in [2.45, 2.75) is 4.90 Å². The van der Waals surface area contributed by atoms with Crippen LogP contribution < -0.4 is 10.4 Å². The molecule has 0 spiro atoms. The fourth-order valence-electron chi connectivity index (χ4n) is 2.39. The minimum atomic E-state index is -3.77. The van der Waals surface area contributed by atoms with Gasteiger partial charge in [0.05, 0.1) is 39.0 Å². The summed E-state index contributed by atoms with van der Waals surface area (Å²) in [5.74, 6) is 0. The predicted octanol–water partition coefficient (Wildman–Crippen LogP) is 1.53. The van der Waals surface area contributed by atoms with Crippen LogP contribution in [0.1, 0.15) is 0 Å². The molecule has 8 nitrogen and oxygen atoms in total. The molecule has 2 aromatic carbocycles. The first-order valence-electron chi connectivity index (χ1n) is 6.69. The Hall–Kier alpha value is -3.07. The summed E-state index contributed by atoms with van der Waals surface area (Å²) in [6.45, 7) is 0. The predicted molar refractivity (Wildman–Crippen MR) is 85.8 cm³/mol. The van der Waals surface area contributed by atoms with Gasteiger partial charge < -0.3 is 15.0 Å². The quantitative estimate of drug-likeness (QED) is 0.455. The van der Waals surface area contributed by atoms with Crippen molar-refractivity contribution < 1.29 is 8.42 Å². The number of fused-ring (bicyclic) bond motifs is 2. The van der Waals surface area contributed by atoms with Crippen LogP contribution in [0.2, 0.25) is 0 Å². The highest BCUT2D eigenvalue weighted by atomic mass is 32.2. The van der Waals surface area contributed by atoms with Crippen molar-refractivity contribution in [3.63, 3.8) is 0 Å². The number of aromatic nitrogens is 4. The second kappa shape index (κ2) is 4.71. The van der Waals surface area contributed by atoms with Crippen LogP contribution in [0.5, 0.6) is 0 Å². The fraction of sp³-hybridized carbons (Fsp3) is 0. The maximum Gasteiger partial charge on any atom is 0.323 e. The first kappa shape index (κ1) is 13.6. The maximum absolute atomic E-state index is 12.5. The van der Waals surface area contributed by atoms with E-state index in [0.29, 0.717) is 16.7 Å². The summed E-state index contributed by atoms with van der Waals surface area (Å²) in [5, 5.41) is 0. The van der Waals surface area contributed by atoms with Crippen molar-refractivity contribution in [1.29, 1.82) is 0 Å². The van der Waals surface area contributed by atoms with Crippen molar-refractivity contribution in [3.05, 3.63) is 53.2 Å². The molecular formula is C14H11N5O3S. The van der Waals surface area contributed by atoms with Gasteiger partial charge in [-0.05, 0) is 36.4 Å². The highest BCUT2D eigenvalue weighted by Gasteiger charge is 2.16. The topological polar surface area (TPSA) is 124 Å². The molecule has 9 heteroatoms. The Labute approximate surface area is 129 Å². The summed E-state index contributed by atoms with van der Waals surface area (Å²) in [6, 6.07) is 9.40. The van der Waals surface area contributed by atoms with E-state index >= 15 is 0 Å². The molecule has 0 aliphatic heterocycles. The van der Waals surface area contributed by atoms with Crippen LogP contribution in [0.15, 0.2) is 52.4 Å². The Balaban J connectivity index is 1.74. The number of anilines is 1. The molecule has 0 aliphatic carbocycles. The second-order valence-electron chi connectivity index (χ2n) is 5.03. The minimum absolute atomic E-state index is 0.0601. The molecule has 23 heavy (non-hydrogen) atoms. The van der Waals surface area contributed by atoms with Crippen LogP contribution in [0.25, 0.3) is 22.1 Å². The Morgan fingerprint density at radius 2 is 1.78 bits per heavy atom. The van der Waals surface area contributed by atoms with E-state index < -0.39 is 10.0 Å². The minimum Gasteiger partial charge on any atom is -0.345 e. The molecule has 4 N–H and O–H groups in total. The largest absolute Gasteiger partial charge is 0.345 e. The number of benzene rings is 2. The van der Waals surface area contributed by atoms with Crippen molar-refractivity contribution in [2.75, 3.05) is 4.72 Å². The smallest absolute Gasteiger partial charge is 0.323 e. The average molecular weight is 329 g/mol. The molecule has 0 saturated heterocycles. The number of nitrogens with one attached hydrogen (secondary N) is 4. The molecule has 0 amide bonds. The number of aromatic amines is 3. The monoisotopic (exact) mass is 329 g/mol. The Morgan fingerprint density at radius 1 is 0.957 bits per heavy atom. The molecule has 2 aromatic heterocycles. The van der Waals surface area contributed by atoms with E-state index in [4.69, 9.17) is 0 Å². The zero-order chi connectivity index (χ0) is 16.0. The lowest BCUT2D eigenvalue weighted by Crippen LogP contribution is -2.12. The van der Waals surface area contributed by atoms with Gasteiger partial charge in [-0.25, -0.2) is 18.2 Å². The molecule has 4 aromatic rings. The number of sulfonamides is 1. The van der Waals surface area contributed by atoms with Gasteiger partial charge in [0.1, 0.15) is 0 Å². The summed E-state index contributed by atoms with van der Waals surface area (Å²) in [7, 11) is -3.77. The zero-order valence-electron chi connectivity index (χ0n) is 11.6. The molecule has 0 radical (unpaired) electrons. The van der Waals surface area contributed by atoms with Crippen LogP contribution >= 0.6 is 0 Å². The van der Waals surface area contributed by atoms with Gasteiger partial charge in [0.15, 0.2) is 0 Å². The van der Waals surface area contributed by atoms with Gasteiger partial charge in [-0.1, -0.05) is 0 Å². The van der Waals surface area contributed by atoms with Crippen LogP contribution in [0, 0.1) is 0 Å². The van der Waals surface area contributed by atoms with Gasteiger partial charge in [-0.15, -0.1) is 0 Å². The van der Waals surface area contributed by atoms with Gasteiger partial charge in [0, 0.05) is 0 Å². The lowest BCUT2D eigenvalue weighted by atomic mass is 10.3. The van der Waals surface area contributed by atoms with Crippen molar-refractivity contribution in [3.8, 4) is 0 Å². The van der Waals surface area contributed by atoms with Gasteiger partial charge in [0.2, 0.25) is 0 Å². The number of nitrogens with zero attached hydrogens (tertiary/aromatic N) is 1. The average Bonchev–Trinajstić information content (AvgIpc) is 3.10. The molecule has 0 unspecified atom stereocenters. The molecule has 0 bridgehead atoms. The normalized spacial score (nSPS) is 12.0. The van der Waals surface area contributed by atoms with Crippen molar-refractivity contribution in [2.24, 2.45) is 0 Å². The lowest BCUT2D eigenvalue weighted by molar-refractivity contribution is 0.601. The van der Waals surface area contributed by atoms with E-state index in [1.807, 2.05) is 0 Å². The molecule has 116 valence electrons. The van der Waals surface area contributed by atoms with Crippen LogP contribution in [0.3, 0.4) is 0 Å². The first-order valence-corrected chi connectivity index (χ1v) is 8.18. The maximum atomic E-state index is 12.5. The van der Waals surface area contributed by atoms with E-state index in [9.17, 15) is 13.2 Å². The lowest BCUT2D eigenvalue weighted by Gasteiger charge is -2.08.